The second kappa shape index (κ2) is 7.75. The maximum atomic E-state index is 8.21. The molecule has 0 aliphatic heterocycles. The Kier molecular flexibility index (Phi) is 5.30. The predicted molar refractivity (Wildman–Crippen MR) is 128 cm³/mol. The number of benzene rings is 3. The Hall–Kier alpha value is -2.47. The first-order valence-corrected chi connectivity index (χ1v) is 13.1. The molecule has 1 nitrogen and oxygen atoms in total. The van der Waals surface area contributed by atoms with E-state index in [1.807, 2.05) is 12.4 Å². The van der Waals surface area contributed by atoms with Gasteiger partial charge in [-0.1, -0.05) is 0 Å². The van der Waals surface area contributed by atoms with Crippen molar-refractivity contribution in [1.29, 1.82) is 0 Å². The van der Waals surface area contributed by atoms with E-state index in [0.29, 0.717) is 0 Å². The van der Waals surface area contributed by atoms with Gasteiger partial charge in [0.1, 0.15) is 0 Å². The van der Waals surface area contributed by atoms with Crippen molar-refractivity contribution < 1.29 is 0 Å². The van der Waals surface area contributed by atoms with Gasteiger partial charge in [0.05, 0.1) is 0 Å². The van der Waals surface area contributed by atoms with Crippen molar-refractivity contribution in [3.8, 4) is 0 Å². The van der Waals surface area contributed by atoms with Crippen molar-refractivity contribution in [1.82, 2.24) is 4.98 Å². The van der Waals surface area contributed by atoms with E-state index in [0.717, 1.165) is 11.1 Å². The molecule has 3 heteroatoms. The Labute approximate surface area is 178 Å². The van der Waals surface area contributed by atoms with Gasteiger partial charge in [-0.3, -0.25) is 0 Å². The second-order valence-corrected chi connectivity index (χ2v) is 14.1. The number of aromatic nitrogens is 1. The average molecular weight is 418 g/mol. The molecule has 4 rings (SSSR count). The van der Waals surface area contributed by atoms with Crippen LogP contribution in [0.25, 0.3) is 0 Å². The van der Waals surface area contributed by atoms with E-state index in [1.54, 1.807) is 0 Å². The van der Waals surface area contributed by atoms with Gasteiger partial charge in [-0.25, -0.2) is 0 Å². The van der Waals surface area contributed by atoms with Crippen LogP contribution < -0.4 is 15.9 Å². The molecule has 1 atom stereocenters. The van der Waals surface area contributed by atoms with Crippen molar-refractivity contribution in [2.24, 2.45) is 0 Å². The van der Waals surface area contributed by atoms with Crippen molar-refractivity contribution in [2.75, 3.05) is 0 Å². The molecule has 0 fully saturated rings. The monoisotopic (exact) mass is 417 g/mol. The Morgan fingerprint density at radius 2 is 1.10 bits per heavy atom. The number of pyridine rings is 1. The first kappa shape index (κ1) is 19.8. The fourth-order valence-electron chi connectivity index (χ4n) is 4.36. The summed E-state index contributed by atoms with van der Waals surface area (Å²) in [5.74, 6) is -3.38. The van der Waals surface area contributed by atoms with Crippen LogP contribution in [0.5, 0.6) is 0 Å². The molecule has 0 radical (unpaired) electrons. The van der Waals surface area contributed by atoms with Crippen LogP contribution >= 0.6 is 17.2 Å². The van der Waals surface area contributed by atoms with E-state index < -0.39 is 5.96 Å². The minimum atomic E-state index is -3.38. The molecular formula is C26H25ClNP. The van der Waals surface area contributed by atoms with Gasteiger partial charge in [0.25, 0.3) is 0 Å². The van der Waals surface area contributed by atoms with E-state index in [2.05, 4.69) is 116 Å². The third-order valence-electron chi connectivity index (χ3n) is 5.89. The third-order valence-corrected chi connectivity index (χ3v) is 14.2. The molecule has 0 amide bonds. The first-order chi connectivity index (χ1) is 14.1. The molecule has 0 aliphatic carbocycles. The van der Waals surface area contributed by atoms with Crippen LogP contribution in [0.2, 0.25) is 0 Å². The van der Waals surface area contributed by atoms with Gasteiger partial charge in [-0.05, 0) is 0 Å². The topological polar surface area (TPSA) is 12.9 Å². The number of hydrogen-bond donors (Lipinski definition) is 0. The SMILES string of the molecule is Cc1cncc(C(C)P(Cl)(c2ccccc2)(c2ccccc2)c2ccccc2)c1. The fraction of sp³-hybridized carbons (Fsp3) is 0.115. The van der Waals surface area contributed by atoms with Gasteiger partial charge in [-0.2, -0.15) is 0 Å². The zero-order valence-electron chi connectivity index (χ0n) is 16.7. The van der Waals surface area contributed by atoms with Crippen molar-refractivity contribution in [3.05, 3.63) is 121 Å². The molecular weight excluding hydrogens is 393 g/mol. The zero-order chi connectivity index (χ0) is 20.3. The van der Waals surface area contributed by atoms with E-state index >= 15 is 0 Å². The molecule has 29 heavy (non-hydrogen) atoms. The maximum absolute atomic E-state index is 8.21. The Morgan fingerprint density at radius 1 is 0.690 bits per heavy atom. The molecule has 1 aromatic heterocycles. The number of rotatable bonds is 5. The molecule has 3 aromatic carbocycles. The van der Waals surface area contributed by atoms with Gasteiger partial charge >= 0.3 is 178 Å². The molecule has 0 bridgehead atoms. The summed E-state index contributed by atoms with van der Waals surface area (Å²) in [6.07, 6.45) is 3.86. The summed E-state index contributed by atoms with van der Waals surface area (Å²) in [5.41, 5.74) is 2.35. The van der Waals surface area contributed by atoms with Crippen LogP contribution in [-0.2, 0) is 0 Å². The summed E-state index contributed by atoms with van der Waals surface area (Å²) >= 11 is 8.21. The summed E-state index contributed by atoms with van der Waals surface area (Å²) in [5, 5.41) is 3.52. The number of hydrogen-bond acceptors (Lipinski definition) is 1. The van der Waals surface area contributed by atoms with Gasteiger partial charge < -0.3 is 0 Å². The molecule has 4 aromatic rings. The molecule has 1 unspecified atom stereocenters. The quantitative estimate of drug-likeness (QED) is 0.356. The van der Waals surface area contributed by atoms with Gasteiger partial charge in [0.2, 0.25) is 0 Å². The molecule has 146 valence electrons. The minimum absolute atomic E-state index is 0.0438. The molecule has 0 aliphatic rings. The van der Waals surface area contributed by atoms with Crippen LogP contribution in [0, 0.1) is 6.92 Å². The molecule has 0 saturated carbocycles. The van der Waals surface area contributed by atoms with Crippen LogP contribution in [0.1, 0.15) is 23.7 Å². The van der Waals surface area contributed by atoms with Crippen molar-refractivity contribution in [2.45, 2.75) is 19.5 Å². The van der Waals surface area contributed by atoms with Crippen molar-refractivity contribution >= 4 is 33.1 Å². The zero-order valence-corrected chi connectivity index (χ0v) is 18.4. The number of nitrogens with zero attached hydrogens (tertiary/aromatic N) is 1. The van der Waals surface area contributed by atoms with Crippen LogP contribution in [0.4, 0.5) is 0 Å². The van der Waals surface area contributed by atoms with E-state index in [1.165, 1.54) is 15.9 Å². The third kappa shape index (κ3) is 3.10. The summed E-state index contributed by atoms with van der Waals surface area (Å²) in [4.78, 5) is 4.49. The summed E-state index contributed by atoms with van der Waals surface area (Å²) in [7, 11) is 0. The van der Waals surface area contributed by atoms with E-state index in [9.17, 15) is 0 Å². The van der Waals surface area contributed by atoms with Gasteiger partial charge in [0.15, 0.2) is 0 Å². The normalized spacial score (nSPS) is 14.0. The van der Waals surface area contributed by atoms with Gasteiger partial charge in [0, 0.05) is 0 Å². The molecule has 1 heterocycles. The average Bonchev–Trinajstić information content (AvgIpc) is 2.80. The van der Waals surface area contributed by atoms with E-state index in [4.69, 9.17) is 11.2 Å². The summed E-state index contributed by atoms with van der Waals surface area (Å²) in [6, 6.07) is 34.0. The molecule has 0 spiro atoms. The second-order valence-electron chi connectivity index (χ2n) is 7.55. The Balaban J connectivity index is 2.16. The van der Waals surface area contributed by atoms with Crippen molar-refractivity contribution in [3.63, 3.8) is 0 Å². The summed E-state index contributed by atoms with van der Waals surface area (Å²) in [6.45, 7) is 4.34. The molecule has 0 saturated heterocycles. The first-order valence-electron chi connectivity index (χ1n) is 9.87. The molecule has 0 N–H and O–H groups in total. The number of halogens is 1. The Morgan fingerprint density at radius 3 is 1.48 bits per heavy atom. The standard InChI is InChI=1S/C26H25ClNP/c1-21-18-23(20-28-19-21)22(2)29(27,24-12-6-3-7-13-24,25-14-8-4-9-15-25)26-16-10-5-11-17-26/h3-20,22H,1-2H3. The van der Waals surface area contributed by atoms with E-state index in [-0.39, 0.29) is 5.66 Å². The Bertz CT molecular complexity index is 998. The van der Waals surface area contributed by atoms with Crippen LogP contribution in [0.15, 0.2) is 109 Å². The fourth-order valence-corrected chi connectivity index (χ4v) is 10.9. The number of aryl methyl sites for hydroxylation is 1. The predicted octanol–water partition coefficient (Wildman–Crippen LogP) is 6.13. The van der Waals surface area contributed by atoms with Crippen LogP contribution in [-0.4, -0.2) is 4.98 Å². The van der Waals surface area contributed by atoms with Crippen LogP contribution in [0.3, 0.4) is 0 Å². The summed E-state index contributed by atoms with van der Waals surface area (Å²) < 4.78 is 0. The van der Waals surface area contributed by atoms with Gasteiger partial charge in [-0.15, -0.1) is 0 Å².